The van der Waals surface area contributed by atoms with Crippen molar-refractivity contribution in [3.8, 4) is 0 Å². The van der Waals surface area contributed by atoms with E-state index in [0.717, 1.165) is 22.0 Å². The Morgan fingerprint density at radius 1 is 1.12 bits per heavy atom. The molecule has 0 radical (unpaired) electrons. The van der Waals surface area contributed by atoms with E-state index in [9.17, 15) is 9.90 Å². The Kier molecular flexibility index (Phi) is 5.30. The molecule has 6 heteroatoms. The van der Waals surface area contributed by atoms with Crippen LogP contribution in [-0.2, 0) is 17.8 Å². The highest BCUT2D eigenvalue weighted by molar-refractivity contribution is 7.80. The molecule has 0 aliphatic heterocycles. The van der Waals surface area contributed by atoms with Crippen LogP contribution in [-0.4, -0.2) is 22.1 Å². The molecule has 3 N–H and O–H groups in total. The van der Waals surface area contributed by atoms with Crippen LogP contribution in [0.3, 0.4) is 0 Å². The molecule has 0 amide bonds. The summed E-state index contributed by atoms with van der Waals surface area (Å²) in [6, 6.07) is 16.6. The summed E-state index contributed by atoms with van der Waals surface area (Å²) in [7, 11) is 0. The van der Waals surface area contributed by atoms with Gasteiger partial charge >= 0.3 is 0 Å². The van der Waals surface area contributed by atoms with Crippen LogP contribution >= 0.6 is 12.2 Å². The van der Waals surface area contributed by atoms with Crippen LogP contribution in [0.2, 0.25) is 0 Å². The SMILES string of the molecule is O=C([O-])[C@H](Cc1c[nH]c2ccccc12)NC(=S)NCc1ccccc1. The van der Waals surface area contributed by atoms with E-state index in [0.29, 0.717) is 6.54 Å². The van der Waals surface area contributed by atoms with Crippen molar-refractivity contribution in [2.75, 3.05) is 0 Å². The smallest absolute Gasteiger partial charge is 0.167 e. The molecular formula is C19H18N3O2S-. The number of rotatable bonds is 6. The number of benzene rings is 2. The monoisotopic (exact) mass is 352 g/mol. The number of nitrogens with one attached hydrogen (secondary N) is 3. The van der Waals surface area contributed by atoms with Gasteiger partial charge in [-0.3, -0.25) is 0 Å². The summed E-state index contributed by atoms with van der Waals surface area (Å²) >= 11 is 5.22. The summed E-state index contributed by atoms with van der Waals surface area (Å²) in [5, 5.41) is 18.6. The number of carboxylic acid groups (broad SMARTS) is 1. The van der Waals surface area contributed by atoms with Crippen molar-refractivity contribution in [2.24, 2.45) is 0 Å². The van der Waals surface area contributed by atoms with Gasteiger partial charge in [0, 0.05) is 30.1 Å². The summed E-state index contributed by atoms with van der Waals surface area (Å²) in [6.45, 7) is 0.527. The molecule has 0 fully saturated rings. The maximum atomic E-state index is 11.5. The zero-order chi connectivity index (χ0) is 17.6. The van der Waals surface area contributed by atoms with Gasteiger partial charge in [-0.15, -0.1) is 0 Å². The third-order valence-corrected chi connectivity index (χ3v) is 4.25. The molecule has 0 saturated carbocycles. The maximum Gasteiger partial charge on any atom is 0.167 e. The Balaban J connectivity index is 1.63. The fourth-order valence-corrected chi connectivity index (χ4v) is 2.92. The third-order valence-electron chi connectivity index (χ3n) is 3.98. The number of aromatic amines is 1. The Labute approximate surface area is 151 Å². The van der Waals surface area contributed by atoms with Gasteiger partial charge in [0.2, 0.25) is 0 Å². The number of hydrogen-bond donors (Lipinski definition) is 3. The van der Waals surface area contributed by atoms with Crippen molar-refractivity contribution in [1.29, 1.82) is 0 Å². The molecule has 0 aliphatic rings. The number of para-hydroxylation sites is 1. The number of aromatic nitrogens is 1. The van der Waals surface area contributed by atoms with Gasteiger partial charge < -0.3 is 25.5 Å². The Bertz CT molecular complexity index is 877. The molecule has 3 rings (SSSR count). The molecule has 3 aromatic rings. The first-order valence-electron chi connectivity index (χ1n) is 7.97. The lowest BCUT2D eigenvalue weighted by atomic mass is 10.1. The second-order valence-corrected chi connectivity index (χ2v) is 6.16. The first kappa shape index (κ1) is 17.0. The van der Waals surface area contributed by atoms with E-state index in [1.165, 1.54) is 0 Å². The van der Waals surface area contributed by atoms with Crippen molar-refractivity contribution in [1.82, 2.24) is 15.6 Å². The van der Waals surface area contributed by atoms with E-state index in [2.05, 4.69) is 15.6 Å². The molecule has 0 bridgehead atoms. The second kappa shape index (κ2) is 7.81. The Morgan fingerprint density at radius 3 is 2.60 bits per heavy atom. The van der Waals surface area contributed by atoms with Crippen molar-refractivity contribution in [2.45, 2.75) is 19.0 Å². The standard InChI is InChI=1S/C19H19N3O2S/c23-18(24)17(10-14-12-20-16-9-5-4-8-15(14)16)22-19(25)21-11-13-6-2-1-3-7-13/h1-9,12,17,20H,10-11H2,(H,23,24)(H2,21,22,25)/p-1/t17-/m0/s1. The fourth-order valence-electron chi connectivity index (χ4n) is 2.70. The lowest BCUT2D eigenvalue weighted by Crippen LogP contribution is -2.51. The number of carboxylic acids is 1. The molecule has 25 heavy (non-hydrogen) atoms. The number of fused-ring (bicyclic) bond motifs is 1. The molecule has 0 saturated heterocycles. The number of aliphatic carboxylic acids is 1. The molecule has 0 unspecified atom stereocenters. The number of thiocarbonyl (C=S) groups is 1. The van der Waals surface area contributed by atoms with Crippen LogP contribution in [0.25, 0.3) is 10.9 Å². The Hall–Kier alpha value is -2.86. The minimum Gasteiger partial charge on any atom is -0.548 e. The van der Waals surface area contributed by atoms with Gasteiger partial charge in [0.15, 0.2) is 5.11 Å². The summed E-state index contributed by atoms with van der Waals surface area (Å²) < 4.78 is 0. The summed E-state index contributed by atoms with van der Waals surface area (Å²) in [6.07, 6.45) is 2.10. The minimum absolute atomic E-state index is 0.277. The summed E-state index contributed by atoms with van der Waals surface area (Å²) in [5.74, 6) is -1.19. The van der Waals surface area contributed by atoms with E-state index in [1.807, 2.05) is 60.8 Å². The quantitative estimate of drug-likeness (QED) is 0.586. The van der Waals surface area contributed by atoms with E-state index < -0.39 is 12.0 Å². The van der Waals surface area contributed by atoms with Crippen molar-refractivity contribution in [3.05, 3.63) is 71.9 Å². The first-order chi connectivity index (χ1) is 12.1. The van der Waals surface area contributed by atoms with Crippen molar-refractivity contribution >= 4 is 34.2 Å². The van der Waals surface area contributed by atoms with E-state index in [4.69, 9.17) is 12.2 Å². The maximum absolute atomic E-state index is 11.5. The van der Waals surface area contributed by atoms with Crippen LogP contribution in [0.4, 0.5) is 0 Å². The third kappa shape index (κ3) is 4.36. The van der Waals surface area contributed by atoms with Gasteiger partial charge in [0.05, 0.1) is 12.0 Å². The molecule has 1 aromatic heterocycles. The fraction of sp³-hybridized carbons (Fsp3) is 0.158. The van der Waals surface area contributed by atoms with Gasteiger partial charge in [0.25, 0.3) is 0 Å². The normalized spacial score (nSPS) is 11.8. The molecule has 128 valence electrons. The number of hydrogen-bond acceptors (Lipinski definition) is 3. The van der Waals surface area contributed by atoms with Crippen molar-refractivity contribution in [3.63, 3.8) is 0 Å². The topological polar surface area (TPSA) is 80.0 Å². The zero-order valence-corrected chi connectivity index (χ0v) is 14.3. The van der Waals surface area contributed by atoms with Crippen LogP contribution in [0.15, 0.2) is 60.8 Å². The first-order valence-corrected chi connectivity index (χ1v) is 8.38. The van der Waals surface area contributed by atoms with Gasteiger partial charge in [0.1, 0.15) is 0 Å². The zero-order valence-electron chi connectivity index (χ0n) is 13.5. The summed E-state index contributed by atoms with van der Waals surface area (Å²) in [5.41, 5.74) is 2.94. The highest BCUT2D eigenvalue weighted by Gasteiger charge is 2.14. The molecule has 1 atom stereocenters. The van der Waals surface area contributed by atoms with Crippen LogP contribution in [0.5, 0.6) is 0 Å². The number of carbonyl (C=O) groups excluding carboxylic acids is 1. The van der Waals surface area contributed by atoms with E-state index in [1.54, 1.807) is 0 Å². The number of carbonyl (C=O) groups is 1. The molecule has 0 aliphatic carbocycles. The van der Waals surface area contributed by atoms with Gasteiger partial charge in [-0.05, 0) is 29.4 Å². The largest absolute Gasteiger partial charge is 0.548 e. The predicted molar refractivity (Wildman–Crippen MR) is 99.8 cm³/mol. The van der Waals surface area contributed by atoms with Crippen molar-refractivity contribution < 1.29 is 9.90 Å². The highest BCUT2D eigenvalue weighted by atomic mass is 32.1. The lowest BCUT2D eigenvalue weighted by molar-refractivity contribution is -0.308. The molecule has 5 nitrogen and oxygen atoms in total. The average Bonchev–Trinajstić information content (AvgIpc) is 3.03. The highest BCUT2D eigenvalue weighted by Crippen LogP contribution is 2.19. The molecular weight excluding hydrogens is 334 g/mol. The second-order valence-electron chi connectivity index (χ2n) is 5.75. The van der Waals surface area contributed by atoms with Gasteiger partial charge in [-0.1, -0.05) is 48.5 Å². The van der Waals surface area contributed by atoms with Crippen LogP contribution in [0.1, 0.15) is 11.1 Å². The Morgan fingerprint density at radius 2 is 1.84 bits per heavy atom. The molecule has 0 spiro atoms. The van der Waals surface area contributed by atoms with Gasteiger partial charge in [-0.25, -0.2) is 0 Å². The van der Waals surface area contributed by atoms with E-state index in [-0.39, 0.29) is 11.5 Å². The summed E-state index contributed by atoms with van der Waals surface area (Å²) in [4.78, 5) is 14.6. The van der Waals surface area contributed by atoms with E-state index >= 15 is 0 Å². The van der Waals surface area contributed by atoms with Gasteiger partial charge in [-0.2, -0.15) is 0 Å². The molecule has 2 aromatic carbocycles. The lowest BCUT2D eigenvalue weighted by Gasteiger charge is -2.21. The van der Waals surface area contributed by atoms with Crippen LogP contribution in [0, 0.1) is 0 Å². The molecule has 1 heterocycles. The number of H-pyrrole nitrogens is 1. The predicted octanol–water partition coefficient (Wildman–Crippen LogP) is 1.49. The minimum atomic E-state index is -1.19. The average molecular weight is 352 g/mol. The van der Waals surface area contributed by atoms with Crippen LogP contribution < -0.4 is 15.7 Å².